The number of likely N-dealkylation sites (tertiary alicyclic amines) is 1. The van der Waals surface area contributed by atoms with Gasteiger partial charge < -0.3 is 29.7 Å². The minimum Gasteiger partial charge on any atom is -0.494 e. The lowest BCUT2D eigenvalue weighted by Crippen LogP contribution is -2.40. The van der Waals surface area contributed by atoms with Crippen molar-refractivity contribution >= 4 is 17.8 Å². The average molecular weight is 517 g/mol. The summed E-state index contributed by atoms with van der Waals surface area (Å²) in [6.45, 7) is 6.11. The minimum atomic E-state index is -1.82. The summed E-state index contributed by atoms with van der Waals surface area (Å²) >= 11 is 0. The number of ether oxygens (including phenoxy) is 3. The predicted molar refractivity (Wildman–Crippen MR) is 137 cm³/mol. The van der Waals surface area contributed by atoms with Crippen molar-refractivity contribution in [2.24, 2.45) is 5.92 Å². The van der Waals surface area contributed by atoms with E-state index in [9.17, 15) is 4.79 Å². The molecule has 2 aromatic carbocycles. The van der Waals surface area contributed by atoms with Gasteiger partial charge in [-0.2, -0.15) is 0 Å². The lowest BCUT2D eigenvalue weighted by Gasteiger charge is -2.31. The number of methoxy groups -OCH3 is 2. The summed E-state index contributed by atoms with van der Waals surface area (Å²) in [7, 11) is 3.26. The highest BCUT2D eigenvalue weighted by Crippen LogP contribution is 2.27. The Labute approximate surface area is 217 Å². The van der Waals surface area contributed by atoms with Crippen LogP contribution in [-0.4, -0.2) is 73.4 Å². The van der Waals surface area contributed by atoms with Crippen LogP contribution in [0.25, 0.3) is 0 Å². The van der Waals surface area contributed by atoms with Crippen LogP contribution >= 0.6 is 0 Å². The first kappa shape index (κ1) is 29.4. The summed E-state index contributed by atoms with van der Waals surface area (Å²) in [4.78, 5) is 33.2. The molecule has 1 heterocycles. The molecule has 10 heteroatoms. The van der Waals surface area contributed by atoms with E-state index in [1.54, 1.807) is 14.2 Å². The van der Waals surface area contributed by atoms with Gasteiger partial charge in [0.1, 0.15) is 5.75 Å². The van der Waals surface area contributed by atoms with Gasteiger partial charge in [0.25, 0.3) is 0 Å². The lowest BCUT2D eigenvalue weighted by molar-refractivity contribution is -0.159. The molecule has 1 amide bonds. The SMILES string of the molecule is CCOc1ccc(CN2CCC(C(=O)NCCc3ccc(OC)c(OC)c3)CC2)cc1.O=C(O)C(=O)O. The van der Waals surface area contributed by atoms with Gasteiger partial charge in [0.2, 0.25) is 5.91 Å². The topological polar surface area (TPSA) is 135 Å². The fraction of sp³-hybridized carbons (Fsp3) is 0.444. The number of hydrogen-bond donors (Lipinski definition) is 3. The molecule has 1 saturated heterocycles. The fourth-order valence-electron chi connectivity index (χ4n) is 3.98. The number of amides is 1. The molecular weight excluding hydrogens is 480 g/mol. The third-order valence-corrected chi connectivity index (χ3v) is 5.94. The normalized spacial score (nSPS) is 13.6. The molecule has 0 radical (unpaired) electrons. The van der Waals surface area contributed by atoms with Crippen molar-refractivity contribution in [1.82, 2.24) is 10.2 Å². The Hall–Kier alpha value is -3.79. The Kier molecular flexibility index (Phi) is 12.2. The van der Waals surface area contributed by atoms with Gasteiger partial charge in [-0.25, -0.2) is 9.59 Å². The van der Waals surface area contributed by atoms with Crippen molar-refractivity contribution in [2.45, 2.75) is 32.7 Å². The van der Waals surface area contributed by atoms with E-state index in [0.29, 0.717) is 24.7 Å². The highest BCUT2D eigenvalue weighted by molar-refractivity contribution is 6.27. The molecule has 0 aromatic heterocycles. The molecule has 3 rings (SSSR count). The van der Waals surface area contributed by atoms with Gasteiger partial charge in [0, 0.05) is 19.0 Å². The van der Waals surface area contributed by atoms with Gasteiger partial charge in [-0.3, -0.25) is 9.69 Å². The molecule has 0 atom stereocenters. The molecule has 0 aliphatic carbocycles. The molecule has 0 unspecified atom stereocenters. The zero-order chi connectivity index (χ0) is 27.2. The summed E-state index contributed by atoms with van der Waals surface area (Å²) in [6.07, 6.45) is 2.57. The molecule has 0 bridgehead atoms. The Morgan fingerprint density at radius 2 is 1.51 bits per heavy atom. The smallest absolute Gasteiger partial charge is 0.414 e. The third kappa shape index (κ3) is 10.0. The monoisotopic (exact) mass is 516 g/mol. The van der Waals surface area contributed by atoms with Gasteiger partial charge >= 0.3 is 11.9 Å². The van der Waals surface area contributed by atoms with Crippen LogP contribution in [0.5, 0.6) is 17.2 Å². The quantitative estimate of drug-likeness (QED) is 0.408. The van der Waals surface area contributed by atoms with Gasteiger partial charge in [0.15, 0.2) is 11.5 Å². The van der Waals surface area contributed by atoms with Crippen LogP contribution in [0.3, 0.4) is 0 Å². The van der Waals surface area contributed by atoms with E-state index in [1.807, 2.05) is 37.3 Å². The number of carbonyl (C=O) groups excluding carboxylic acids is 1. The minimum absolute atomic E-state index is 0.0991. The van der Waals surface area contributed by atoms with Crippen LogP contribution in [0.15, 0.2) is 42.5 Å². The number of aliphatic carboxylic acids is 2. The third-order valence-electron chi connectivity index (χ3n) is 5.94. The second-order valence-electron chi connectivity index (χ2n) is 8.47. The van der Waals surface area contributed by atoms with Crippen LogP contribution in [-0.2, 0) is 27.3 Å². The van der Waals surface area contributed by atoms with Gasteiger partial charge in [-0.05, 0) is 74.7 Å². The fourth-order valence-corrected chi connectivity index (χ4v) is 3.98. The summed E-state index contributed by atoms with van der Waals surface area (Å²) < 4.78 is 16.1. The zero-order valence-electron chi connectivity index (χ0n) is 21.6. The number of nitrogens with one attached hydrogen (secondary N) is 1. The number of carboxylic acids is 2. The first-order valence-corrected chi connectivity index (χ1v) is 12.2. The van der Waals surface area contributed by atoms with E-state index in [0.717, 1.165) is 50.2 Å². The van der Waals surface area contributed by atoms with E-state index in [2.05, 4.69) is 22.3 Å². The summed E-state index contributed by atoms with van der Waals surface area (Å²) in [5.74, 6) is -1.04. The Balaban J connectivity index is 0.000000717. The van der Waals surface area contributed by atoms with Crippen LogP contribution < -0.4 is 19.5 Å². The standard InChI is InChI=1S/C25H34N2O4.C2H2O4/c1-4-31-22-8-5-20(6-9-22)18-27-15-12-21(13-16-27)25(28)26-14-11-19-7-10-23(29-2)24(17-19)30-3;3-1(4)2(5)6/h5-10,17,21H,4,11-16,18H2,1-3H3,(H,26,28);(H,3,4)(H,5,6). The van der Waals surface area contributed by atoms with Crippen molar-refractivity contribution in [1.29, 1.82) is 0 Å². The maximum atomic E-state index is 12.6. The van der Waals surface area contributed by atoms with Gasteiger partial charge in [-0.15, -0.1) is 0 Å². The largest absolute Gasteiger partial charge is 0.494 e. The molecule has 1 aliphatic heterocycles. The number of hydrogen-bond acceptors (Lipinski definition) is 7. The van der Waals surface area contributed by atoms with E-state index < -0.39 is 11.9 Å². The molecule has 3 N–H and O–H groups in total. The first-order valence-electron chi connectivity index (χ1n) is 12.2. The van der Waals surface area contributed by atoms with Crippen molar-refractivity contribution in [3.05, 3.63) is 53.6 Å². The highest BCUT2D eigenvalue weighted by atomic mass is 16.5. The van der Waals surface area contributed by atoms with E-state index in [1.165, 1.54) is 5.56 Å². The maximum absolute atomic E-state index is 12.6. The number of carboxylic acid groups (broad SMARTS) is 2. The molecule has 1 fully saturated rings. The summed E-state index contributed by atoms with van der Waals surface area (Å²) in [5.41, 5.74) is 2.39. The molecule has 10 nitrogen and oxygen atoms in total. The molecule has 37 heavy (non-hydrogen) atoms. The van der Waals surface area contributed by atoms with E-state index in [-0.39, 0.29) is 11.8 Å². The summed E-state index contributed by atoms with van der Waals surface area (Å²) in [6, 6.07) is 14.2. The first-order chi connectivity index (χ1) is 17.8. The molecule has 2 aromatic rings. The second kappa shape index (κ2) is 15.4. The van der Waals surface area contributed by atoms with Gasteiger partial charge in [-0.1, -0.05) is 18.2 Å². The van der Waals surface area contributed by atoms with Crippen molar-refractivity contribution < 1.29 is 38.8 Å². The molecule has 0 saturated carbocycles. The number of nitrogens with zero attached hydrogens (tertiary/aromatic N) is 1. The predicted octanol–water partition coefficient (Wildman–Crippen LogP) is 2.83. The number of carbonyl (C=O) groups is 3. The van der Waals surface area contributed by atoms with Gasteiger partial charge in [0.05, 0.1) is 20.8 Å². The summed E-state index contributed by atoms with van der Waals surface area (Å²) in [5, 5.41) is 17.9. The maximum Gasteiger partial charge on any atom is 0.414 e. The highest BCUT2D eigenvalue weighted by Gasteiger charge is 2.24. The molecule has 202 valence electrons. The van der Waals surface area contributed by atoms with E-state index in [4.69, 9.17) is 34.0 Å². The molecule has 0 spiro atoms. The Morgan fingerprint density at radius 3 is 2.05 bits per heavy atom. The van der Waals surface area contributed by atoms with E-state index >= 15 is 0 Å². The Morgan fingerprint density at radius 1 is 0.919 bits per heavy atom. The number of rotatable bonds is 10. The molecular formula is C27H36N2O8. The van der Waals surface area contributed by atoms with Crippen molar-refractivity contribution in [3.63, 3.8) is 0 Å². The van der Waals surface area contributed by atoms with Crippen LogP contribution in [0.4, 0.5) is 0 Å². The Bertz CT molecular complexity index is 1010. The lowest BCUT2D eigenvalue weighted by atomic mass is 9.95. The van der Waals surface area contributed by atoms with Crippen LogP contribution in [0.1, 0.15) is 30.9 Å². The molecule has 1 aliphatic rings. The second-order valence-corrected chi connectivity index (χ2v) is 8.47. The average Bonchev–Trinajstić information content (AvgIpc) is 2.90. The number of benzene rings is 2. The number of piperidine rings is 1. The van der Waals surface area contributed by atoms with Crippen molar-refractivity contribution in [2.75, 3.05) is 40.5 Å². The van der Waals surface area contributed by atoms with Crippen LogP contribution in [0, 0.1) is 5.92 Å². The van der Waals surface area contributed by atoms with Crippen LogP contribution in [0.2, 0.25) is 0 Å². The zero-order valence-corrected chi connectivity index (χ0v) is 21.6. The van der Waals surface area contributed by atoms with Crippen molar-refractivity contribution in [3.8, 4) is 17.2 Å².